The predicted octanol–water partition coefficient (Wildman–Crippen LogP) is 1.56. The topological polar surface area (TPSA) is 254 Å². The molecule has 3 aromatic rings. The van der Waals surface area contributed by atoms with Crippen molar-refractivity contribution in [1.29, 1.82) is 0 Å². The van der Waals surface area contributed by atoms with Crippen LogP contribution >= 0.6 is 7.60 Å². The Hall–Kier alpha value is -5.11. The summed E-state index contributed by atoms with van der Waals surface area (Å²) in [6.45, 7) is 0.250. The molecule has 0 heterocycles. The molecule has 16 heteroatoms. The molecular weight excluding hydrogens is 693 g/mol. The number of aryl methyl sites for hydroxylation is 1. The van der Waals surface area contributed by atoms with Gasteiger partial charge in [-0.1, -0.05) is 86.0 Å². The minimum atomic E-state index is -4.34. The van der Waals surface area contributed by atoms with E-state index in [1.165, 1.54) is 24.3 Å². The lowest BCUT2D eigenvalue weighted by Crippen LogP contribution is -2.65. The highest BCUT2D eigenvalue weighted by molar-refractivity contribution is 7.50. The van der Waals surface area contributed by atoms with E-state index in [1.54, 1.807) is 0 Å². The summed E-state index contributed by atoms with van der Waals surface area (Å²) in [7, 11) is -4.34. The van der Waals surface area contributed by atoms with E-state index in [1.807, 2.05) is 42.5 Å². The third kappa shape index (κ3) is 11.5. The van der Waals surface area contributed by atoms with E-state index in [2.05, 4.69) is 21.3 Å². The van der Waals surface area contributed by atoms with Crippen LogP contribution in [-0.4, -0.2) is 74.6 Å². The molecule has 1 aliphatic carbocycles. The van der Waals surface area contributed by atoms with Crippen molar-refractivity contribution in [3.63, 3.8) is 0 Å². The first-order chi connectivity index (χ1) is 24.7. The highest BCUT2D eigenvalue weighted by Crippen LogP contribution is 2.39. The van der Waals surface area contributed by atoms with Crippen LogP contribution in [0.1, 0.15) is 61.6 Å². The Labute approximate surface area is 300 Å². The first-order valence-corrected chi connectivity index (χ1v) is 18.8. The molecule has 2 atom stereocenters. The van der Waals surface area contributed by atoms with Crippen LogP contribution in [0.5, 0.6) is 0 Å². The number of carboxylic acid groups (broad SMARTS) is 1. The summed E-state index contributed by atoms with van der Waals surface area (Å²) >= 11 is 0. The molecule has 5 amide bonds. The second kappa shape index (κ2) is 17.9. The van der Waals surface area contributed by atoms with Gasteiger partial charge in [-0.2, -0.15) is 0 Å². The molecular formula is C36H44N5O10P. The quantitative estimate of drug-likeness (QED) is 0.0598. The molecule has 278 valence electrons. The second-order valence-corrected chi connectivity index (χ2v) is 14.7. The fourth-order valence-electron chi connectivity index (χ4n) is 6.40. The van der Waals surface area contributed by atoms with Gasteiger partial charge in [0.25, 0.3) is 0 Å². The number of fused-ring (bicyclic) bond motifs is 1. The molecule has 0 bridgehead atoms. The maximum Gasteiger partial charge on any atom is 0.394 e. The highest BCUT2D eigenvalue weighted by Gasteiger charge is 2.44. The molecule has 0 aromatic heterocycles. The molecule has 9 N–H and O–H groups in total. The molecule has 15 nitrogen and oxygen atoms in total. The van der Waals surface area contributed by atoms with Gasteiger partial charge in [0.05, 0.1) is 12.6 Å². The fraction of sp³-hybridized carbons (Fsp3) is 0.389. The van der Waals surface area contributed by atoms with Gasteiger partial charge in [0.2, 0.25) is 23.6 Å². The molecule has 0 radical (unpaired) electrons. The maximum atomic E-state index is 14.0. The van der Waals surface area contributed by atoms with Crippen molar-refractivity contribution in [2.75, 3.05) is 6.54 Å². The van der Waals surface area contributed by atoms with Crippen LogP contribution in [0.15, 0.2) is 66.7 Å². The van der Waals surface area contributed by atoms with E-state index in [-0.39, 0.29) is 25.8 Å². The number of rotatable bonds is 16. The second-order valence-electron chi connectivity index (χ2n) is 13.0. The predicted molar refractivity (Wildman–Crippen MR) is 190 cm³/mol. The third-order valence-corrected chi connectivity index (χ3v) is 9.78. The van der Waals surface area contributed by atoms with Gasteiger partial charge < -0.3 is 41.9 Å². The summed E-state index contributed by atoms with van der Waals surface area (Å²) < 4.78 is 11.4. The number of amides is 5. The van der Waals surface area contributed by atoms with Gasteiger partial charge in [-0.3, -0.25) is 28.5 Å². The first-order valence-electron chi connectivity index (χ1n) is 17.0. The van der Waals surface area contributed by atoms with E-state index in [0.717, 1.165) is 22.8 Å². The van der Waals surface area contributed by atoms with Crippen LogP contribution in [0.4, 0.5) is 0 Å². The Balaban J connectivity index is 1.46. The van der Waals surface area contributed by atoms with Crippen molar-refractivity contribution in [3.05, 3.63) is 83.4 Å². The monoisotopic (exact) mass is 737 g/mol. The normalized spacial score (nSPS) is 15.1. The molecule has 0 spiro atoms. The Morgan fingerprint density at radius 2 is 1.46 bits per heavy atom. The standard InChI is InChI=1S/C36H44N5O10P/c37-30(42)21-29(31(43)38-19-7-11-26-10-6-9-25-8-2-3-12-27(25)26)40-35(48)36(17-4-1-5-18-36)41-32(44)28(39-33(45)34(46)47)20-23-13-15-24(16-14-23)22-52(49,50)51/h2-3,6,8-10,12-16,28-29H,1,4-5,7,11,17-22H2,(H2,37,42)(H,38,43)(H,39,45)(H,40,48)(H,41,44)(H,46,47)(H2,49,50,51)/t28-,29+/m1/s1. The number of nitrogens with one attached hydrogen (secondary N) is 4. The summed E-state index contributed by atoms with van der Waals surface area (Å²) in [5.41, 5.74) is 5.75. The van der Waals surface area contributed by atoms with E-state index < -0.39 is 73.3 Å². The van der Waals surface area contributed by atoms with Crippen LogP contribution in [0.3, 0.4) is 0 Å². The Kier molecular flexibility index (Phi) is 13.7. The van der Waals surface area contributed by atoms with Gasteiger partial charge in [-0.25, -0.2) is 4.79 Å². The Morgan fingerprint density at radius 1 is 0.808 bits per heavy atom. The lowest BCUT2D eigenvalue weighted by atomic mass is 9.80. The largest absolute Gasteiger partial charge is 0.474 e. The summed E-state index contributed by atoms with van der Waals surface area (Å²) in [6, 6.07) is 17.0. The number of benzene rings is 3. The van der Waals surface area contributed by atoms with Crippen molar-refractivity contribution in [2.24, 2.45) is 5.73 Å². The first kappa shape index (κ1) is 39.7. The van der Waals surface area contributed by atoms with Crippen molar-refractivity contribution in [2.45, 2.75) is 81.6 Å². The van der Waals surface area contributed by atoms with Crippen molar-refractivity contribution >= 4 is 53.9 Å². The van der Waals surface area contributed by atoms with Crippen LogP contribution in [-0.2, 0) is 52.3 Å². The van der Waals surface area contributed by atoms with Crippen molar-refractivity contribution in [3.8, 4) is 0 Å². The third-order valence-electron chi connectivity index (χ3n) is 9.00. The fourth-order valence-corrected chi connectivity index (χ4v) is 7.09. The molecule has 3 aromatic carbocycles. The Bertz CT molecular complexity index is 1830. The van der Waals surface area contributed by atoms with Crippen LogP contribution in [0.25, 0.3) is 10.8 Å². The number of carbonyl (C=O) groups is 6. The van der Waals surface area contributed by atoms with E-state index in [9.17, 15) is 48.2 Å². The zero-order valence-electron chi connectivity index (χ0n) is 28.5. The van der Waals surface area contributed by atoms with Gasteiger partial charge in [0, 0.05) is 13.0 Å². The minimum Gasteiger partial charge on any atom is -0.474 e. The summed E-state index contributed by atoms with van der Waals surface area (Å²) in [4.78, 5) is 95.0. The number of carboxylic acids is 1. The number of carbonyl (C=O) groups excluding carboxylic acids is 5. The average Bonchev–Trinajstić information content (AvgIpc) is 3.09. The summed E-state index contributed by atoms with van der Waals surface area (Å²) in [5.74, 6) is -6.35. The summed E-state index contributed by atoms with van der Waals surface area (Å²) in [5, 5.41) is 21.7. The van der Waals surface area contributed by atoms with Gasteiger partial charge in [-0.15, -0.1) is 0 Å². The molecule has 1 fully saturated rings. The van der Waals surface area contributed by atoms with Crippen LogP contribution in [0, 0.1) is 0 Å². The molecule has 4 rings (SSSR count). The number of hydrogen-bond acceptors (Lipinski definition) is 7. The number of hydrogen-bond donors (Lipinski definition) is 8. The smallest absolute Gasteiger partial charge is 0.394 e. The van der Waals surface area contributed by atoms with Gasteiger partial charge in [0.15, 0.2) is 0 Å². The summed E-state index contributed by atoms with van der Waals surface area (Å²) in [6.07, 6.45) is 2.16. The highest BCUT2D eigenvalue weighted by atomic mass is 31.2. The number of nitrogens with two attached hydrogens (primary N) is 1. The average molecular weight is 738 g/mol. The molecule has 0 aliphatic heterocycles. The van der Waals surface area contributed by atoms with E-state index in [0.29, 0.717) is 36.8 Å². The Morgan fingerprint density at radius 3 is 2.12 bits per heavy atom. The van der Waals surface area contributed by atoms with Crippen molar-refractivity contribution in [1.82, 2.24) is 21.3 Å². The molecule has 0 unspecified atom stereocenters. The molecule has 1 saturated carbocycles. The molecule has 1 aliphatic rings. The van der Waals surface area contributed by atoms with Crippen LogP contribution < -0.4 is 27.0 Å². The number of aliphatic carboxylic acids is 1. The lowest BCUT2D eigenvalue weighted by molar-refractivity contribution is -0.151. The zero-order valence-corrected chi connectivity index (χ0v) is 29.4. The van der Waals surface area contributed by atoms with Gasteiger partial charge >= 0.3 is 19.5 Å². The number of primary amides is 1. The maximum absolute atomic E-state index is 14.0. The van der Waals surface area contributed by atoms with Crippen molar-refractivity contribution < 1.29 is 48.2 Å². The lowest BCUT2D eigenvalue weighted by Gasteiger charge is -2.38. The minimum absolute atomic E-state index is 0.164. The molecule has 0 saturated heterocycles. The van der Waals surface area contributed by atoms with Crippen LogP contribution in [0.2, 0.25) is 0 Å². The van der Waals surface area contributed by atoms with E-state index in [4.69, 9.17) is 5.73 Å². The van der Waals surface area contributed by atoms with Gasteiger partial charge in [-0.05, 0) is 53.1 Å². The molecule has 52 heavy (non-hydrogen) atoms. The van der Waals surface area contributed by atoms with E-state index >= 15 is 0 Å². The zero-order chi connectivity index (χ0) is 37.9. The van der Waals surface area contributed by atoms with Gasteiger partial charge in [0.1, 0.15) is 17.6 Å². The SMILES string of the molecule is NC(=O)C[C@H](NC(=O)C1(NC(=O)[C@@H](Cc2ccc(CP(=O)(O)O)cc2)NC(=O)C(=O)O)CCCCC1)C(=O)NCCCc1cccc2ccccc12.